The van der Waals surface area contributed by atoms with Crippen molar-refractivity contribution in [3.8, 4) is 10.9 Å². The number of fused-ring (bicyclic) bond motifs is 4. The number of methoxy groups -OCH3 is 1. The molecule has 0 fully saturated rings. The number of carbonyl (C=O) groups is 1. The van der Waals surface area contributed by atoms with Crippen molar-refractivity contribution in [1.29, 1.82) is 0 Å². The van der Waals surface area contributed by atoms with Gasteiger partial charge >= 0.3 is 5.63 Å². The molecular weight excluding hydrogens is 464 g/mol. The van der Waals surface area contributed by atoms with E-state index in [0.717, 1.165) is 21.0 Å². The molecule has 0 aliphatic rings. The highest BCUT2D eigenvalue weighted by atomic mass is 32.1. The monoisotopic (exact) mass is 482 g/mol. The minimum Gasteiger partial charge on any atom is -0.497 e. The van der Waals surface area contributed by atoms with E-state index in [1.54, 1.807) is 30.0 Å². The lowest BCUT2D eigenvalue weighted by molar-refractivity contribution is 0.102. The van der Waals surface area contributed by atoms with E-state index in [1.165, 1.54) is 11.3 Å². The van der Waals surface area contributed by atoms with Crippen LogP contribution in [0.1, 0.15) is 16.1 Å². The topological polar surface area (TPSA) is 99.2 Å². The summed E-state index contributed by atoms with van der Waals surface area (Å²) < 4.78 is 13.3. The summed E-state index contributed by atoms with van der Waals surface area (Å²) in [4.78, 5) is 30.5. The van der Waals surface area contributed by atoms with Gasteiger partial charge in [-0.2, -0.15) is 9.78 Å². The van der Waals surface area contributed by atoms with Crippen LogP contribution in [-0.4, -0.2) is 27.8 Å². The van der Waals surface area contributed by atoms with Crippen LogP contribution < -0.4 is 15.7 Å². The average Bonchev–Trinajstić information content (AvgIpc) is 3.45. The first-order chi connectivity index (χ1) is 17.0. The van der Waals surface area contributed by atoms with Crippen molar-refractivity contribution in [1.82, 2.24) is 14.8 Å². The first kappa shape index (κ1) is 21.1. The fourth-order valence-corrected chi connectivity index (χ4v) is 4.97. The van der Waals surface area contributed by atoms with Gasteiger partial charge in [0.1, 0.15) is 22.7 Å². The van der Waals surface area contributed by atoms with E-state index >= 15 is 0 Å². The van der Waals surface area contributed by atoms with Crippen molar-refractivity contribution >= 4 is 55.0 Å². The third-order valence-corrected chi connectivity index (χ3v) is 6.74. The number of carbonyl (C=O) groups excluding carboxylic acids is 1. The molecule has 9 heteroatoms. The van der Waals surface area contributed by atoms with E-state index in [2.05, 4.69) is 15.4 Å². The van der Waals surface area contributed by atoms with Crippen LogP contribution in [0.2, 0.25) is 0 Å². The van der Waals surface area contributed by atoms with Gasteiger partial charge in [-0.3, -0.25) is 4.79 Å². The summed E-state index contributed by atoms with van der Waals surface area (Å²) in [6, 6.07) is 20.3. The zero-order valence-corrected chi connectivity index (χ0v) is 19.6. The zero-order chi connectivity index (χ0) is 24.1. The number of nitrogens with zero attached hydrogens (tertiary/aromatic N) is 3. The molecule has 0 spiro atoms. The van der Waals surface area contributed by atoms with E-state index in [9.17, 15) is 9.59 Å². The number of aromatic nitrogens is 3. The van der Waals surface area contributed by atoms with E-state index < -0.39 is 11.5 Å². The Labute approximate surface area is 202 Å². The number of rotatable bonds is 4. The van der Waals surface area contributed by atoms with Crippen LogP contribution in [0.3, 0.4) is 0 Å². The van der Waals surface area contributed by atoms with E-state index in [1.807, 2.05) is 55.5 Å². The summed E-state index contributed by atoms with van der Waals surface area (Å²) in [5.74, 6) is 0.517. The summed E-state index contributed by atoms with van der Waals surface area (Å²) >= 11 is 1.43. The highest BCUT2D eigenvalue weighted by molar-refractivity contribution is 7.20. The average molecular weight is 483 g/mol. The number of benzene rings is 3. The lowest BCUT2D eigenvalue weighted by Gasteiger charge is -2.07. The predicted octanol–water partition coefficient (Wildman–Crippen LogP) is 5.31. The highest BCUT2D eigenvalue weighted by Crippen LogP contribution is 2.30. The van der Waals surface area contributed by atoms with E-state index in [0.29, 0.717) is 33.4 Å². The number of aryl methyl sites for hydroxylation is 1. The Morgan fingerprint density at radius 1 is 1.06 bits per heavy atom. The van der Waals surface area contributed by atoms with Crippen LogP contribution in [-0.2, 0) is 0 Å². The molecule has 0 bridgehead atoms. The Morgan fingerprint density at radius 2 is 1.91 bits per heavy atom. The maximum absolute atomic E-state index is 13.2. The molecule has 0 saturated heterocycles. The maximum atomic E-state index is 13.2. The number of thiazole rings is 1. The van der Waals surface area contributed by atoms with Gasteiger partial charge in [0.2, 0.25) is 5.13 Å². The van der Waals surface area contributed by atoms with Crippen LogP contribution >= 0.6 is 11.3 Å². The molecule has 0 aliphatic heterocycles. The Bertz CT molecular complexity index is 1830. The van der Waals surface area contributed by atoms with Gasteiger partial charge in [0.15, 0.2) is 0 Å². The largest absolute Gasteiger partial charge is 0.497 e. The number of amides is 1. The maximum Gasteiger partial charge on any atom is 0.349 e. The summed E-state index contributed by atoms with van der Waals surface area (Å²) in [7, 11) is 1.60. The van der Waals surface area contributed by atoms with Crippen molar-refractivity contribution in [2.75, 3.05) is 12.4 Å². The third-order valence-electron chi connectivity index (χ3n) is 5.72. The van der Waals surface area contributed by atoms with Gasteiger partial charge < -0.3 is 14.5 Å². The molecule has 0 aliphatic carbocycles. The second-order valence-electron chi connectivity index (χ2n) is 8.01. The molecule has 3 aromatic carbocycles. The minimum absolute atomic E-state index is 0.0895. The third kappa shape index (κ3) is 3.62. The molecule has 172 valence electrons. The van der Waals surface area contributed by atoms with Crippen LogP contribution in [0.5, 0.6) is 5.75 Å². The van der Waals surface area contributed by atoms with Crippen LogP contribution in [0.4, 0.5) is 5.82 Å². The standard InChI is InChI=1S/C26H18N4O4S/c1-14-11-23(30(29-14)26-27-20-12-16(33-2)8-10-22(20)35-26)28-24(31)19-13-18-17-6-4-3-5-15(17)7-9-21(18)34-25(19)32/h3-13H,1-2H3,(H,28,31). The Morgan fingerprint density at radius 3 is 2.77 bits per heavy atom. The van der Waals surface area contributed by atoms with Crippen molar-refractivity contribution in [2.24, 2.45) is 0 Å². The SMILES string of the molecule is COc1ccc2sc(-n3nc(C)cc3NC(=O)c3cc4c(ccc5ccccc54)oc3=O)nc2c1. The van der Waals surface area contributed by atoms with Gasteiger partial charge in [-0.1, -0.05) is 41.7 Å². The molecule has 35 heavy (non-hydrogen) atoms. The molecule has 8 nitrogen and oxygen atoms in total. The van der Waals surface area contributed by atoms with Gasteiger partial charge in [-0.05, 0) is 42.0 Å². The van der Waals surface area contributed by atoms with Gasteiger partial charge in [0.05, 0.1) is 23.0 Å². The van der Waals surface area contributed by atoms with Crippen LogP contribution in [0.15, 0.2) is 75.9 Å². The number of anilines is 1. The number of hydrogen-bond donors (Lipinski definition) is 1. The second kappa shape index (κ2) is 8.07. The summed E-state index contributed by atoms with van der Waals surface area (Å²) in [6.45, 7) is 1.82. The van der Waals surface area contributed by atoms with Crippen molar-refractivity contribution in [3.05, 3.63) is 88.4 Å². The molecule has 6 aromatic rings. The fourth-order valence-electron chi connectivity index (χ4n) is 4.06. The Balaban J connectivity index is 1.40. The van der Waals surface area contributed by atoms with Gasteiger partial charge in [-0.15, -0.1) is 0 Å². The first-order valence-electron chi connectivity index (χ1n) is 10.8. The number of nitrogens with one attached hydrogen (secondary N) is 1. The molecule has 0 unspecified atom stereocenters. The predicted molar refractivity (Wildman–Crippen MR) is 136 cm³/mol. The number of ether oxygens (including phenoxy) is 1. The minimum atomic E-state index is -0.708. The van der Waals surface area contributed by atoms with Gasteiger partial charge in [-0.25, -0.2) is 9.78 Å². The fraction of sp³-hybridized carbons (Fsp3) is 0.0769. The first-order valence-corrected chi connectivity index (χ1v) is 11.6. The Hall–Kier alpha value is -4.50. The molecule has 3 heterocycles. The van der Waals surface area contributed by atoms with Crippen molar-refractivity contribution in [3.63, 3.8) is 0 Å². The van der Waals surface area contributed by atoms with Crippen LogP contribution in [0.25, 0.3) is 37.1 Å². The summed E-state index contributed by atoms with van der Waals surface area (Å²) in [5, 5.41) is 10.5. The summed E-state index contributed by atoms with van der Waals surface area (Å²) in [6.07, 6.45) is 0. The molecule has 6 rings (SSSR count). The highest BCUT2D eigenvalue weighted by Gasteiger charge is 2.19. The van der Waals surface area contributed by atoms with E-state index in [-0.39, 0.29) is 5.56 Å². The second-order valence-corrected chi connectivity index (χ2v) is 9.02. The summed E-state index contributed by atoms with van der Waals surface area (Å²) in [5.41, 5.74) is 1.08. The smallest absolute Gasteiger partial charge is 0.349 e. The normalized spacial score (nSPS) is 11.4. The van der Waals surface area contributed by atoms with Gasteiger partial charge in [0, 0.05) is 17.5 Å². The van der Waals surface area contributed by atoms with Crippen LogP contribution in [0, 0.1) is 6.92 Å². The van der Waals surface area contributed by atoms with Crippen molar-refractivity contribution < 1.29 is 13.9 Å². The van der Waals surface area contributed by atoms with Gasteiger partial charge in [0.25, 0.3) is 5.91 Å². The zero-order valence-electron chi connectivity index (χ0n) is 18.7. The molecule has 1 amide bonds. The lowest BCUT2D eigenvalue weighted by atomic mass is 10.0. The number of hydrogen-bond acceptors (Lipinski definition) is 7. The van der Waals surface area contributed by atoms with Crippen molar-refractivity contribution in [2.45, 2.75) is 6.92 Å². The molecule has 1 N–H and O–H groups in total. The molecule has 0 saturated carbocycles. The van der Waals surface area contributed by atoms with E-state index in [4.69, 9.17) is 9.15 Å². The quantitative estimate of drug-likeness (QED) is 0.270. The molecule has 0 atom stereocenters. The molecule has 0 radical (unpaired) electrons. The Kier molecular flexibility index (Phi) is 4.85. The molecule has 3 aromatic heterocycles. The lowest BCUT2D eigenvalue weighted by Crippen LogP contribution is -2.22. The molecular formula is C26H18N4O4S.